The van der Waals surface area contributed by atoms with Crippen LogP contribution < -0.4 is 0 Å². The first-order chi connectivity index (χ1) is 8.13. The van der Waals surface area contributed by atoms with Crippen LogP contribution in [0.25, 0.3) is 0 Å². The normalized spacial score (nSPS) is 38.1. The van der Waals surface area contributed by atoms with Gasteiger partial charge in [0, 0.05) is 0 Å². The number of fused-ring (bicyclic) bond motifs is 1. The molecule has 0 saturated heterocycles. The third-order valence-corrected chi connectivity index (χ3v) is 4.84. The summed E-state index contributed by atoms with van der Waals surface area (Å²) in [6, 6.07) is 0. The van der Waals surface area contributed by atoms with Gasteiger partial charge in [0.2, 0.25) is 0 Å². The molecule has 0 aromatic carbocycles. The minimum Gasteiger partial charge on any atom is -0.298 e. The van der Waals surface area contributed by atoms with Gasteiger partial charge in [-0.2, -0.15) is 0 Å². The summed E-state index contributed by atoms with van der Waals surface area (Å²) >= 11 is 0. The lowest BCUT2D eigenvalue weighted by atomic mass is 9.78. The largest absolute Gasteiger partial charge is 0.298 e. The zero-order valence-corrected chi connectivity index (χ0v) is 11.2. The van der Waals surface area contributed by atoms with E-state index in [2.05, 4.69) is 20.4 Å². The van der Waals surface area contributed by atoms with Crippen molar-refractivity contribution in [2.24, 2.45) is 17.8 Å². The molecule has 0 radical (unpaired) electrons. The number of allylic oxidation sites excluding steroid dienone is 3. The summed E-state index contributed by atoms with van der Waals surface area (Å²) in [7, 11) is 0. The van der Waals surface area contributed by atoms with E-state index >= 15 is 0 Å². The van der Waals surface area contributed by atoms with Gasteiger partial charge in [-0.1, -0.05) is 24.6 Å². The smallest absolute Gasteiger partial charge is 0.145 e. The van der Waals surface area contributed by atoms with Gasteiger partial charge in [-0.15, -0.1) is 0 Å². The molecular formula is C16H24O. The van der Waals surface area contributed by atoms with Gasteiger partial charge in [-0.05, 0) is 68.8 Å². The maximum absolute atomic E-state index is 11.3. The molecule has 1 nitrogen and oxygen atoms in total. The average molecular weight is 232 g/mol. The van der Waals surface area contributed by atoms with E-state index < -0.39 is 0 Å². The summed E-state index contributed by atoms with van der Waals surface area (Å²) in [6.45, 7) is 8.58. The Balaban J connectivity index is 2.23. The molecule has 0 N–H and O–H groups in total. The molecule has 1 fully saturated rings. The highest BCUT2D eigenvalue weighted by molar-refractivity contribution is 5.75. The Kier molecular flexibility index (Phi) is 3.86. The molecule has 0 unspecified atom stereocenters. The molecule has 0 heterocycles. The molecular weight excluding hydrogens is 208 g/mol. The second-order valence-corrected chi connectivity index (χ2v) is 5.95. The highest BCUT2D eigenvalue weighted by Gasteiger charge is 2.32. The Morgan fingerprint density at radius 3 is 2.65 bits per heavy atom. The van der Waals surface area contributed by atoms with Gasteiger partial charge in [-0.3, -0.25) is 4.79 Å². The van der Waals surface area contributed by atoms with Crippen LogP contribution in [0.4, 0.5) is 0 Å². The van der Waals surface area contributed by atoms with E-state index in [1.54, 1.807) is 0 Å². The zero-order valence-electron chi connectivity index (χ0n) is 11.2. The second-order valence-electron chi connectivity index (χ2n) is 5.95. The lowest BCUT2D eigenvalue weighted by Gasteiger charge is -2.26. The first-order valence-corrected chi connectivity index (χ1v) is 6.96. The maximum atomic E-state index is 11.3. The van der Waals surface area contributed by atoms with Crippen LogP contribution in [0.15, 0.2) is 23.3 Å². The summed E-state index contributed by atoms with van der Waals surface area (Å²) in [5.41, 5.74) is 3.90. The lowest BCUT2D eigenvalue weighted by Crippen LogP contribution is -2.15. The van der Waals surface area contributed by atoms with Crippen molar-refractivity contribution in [3.63, 3.8) is 0 Å². The van der Waals surface area contributed by atoms with Crippen molar-refractivity contribution in [3.8, 4) is 0 Å². The molecule has 94 valence electrons. The molecule has 0 spiro atoms. The van der Waals surface area contributed by atoms with Crippen LogP contribution in [0, 0.1) is 17.8 Å². The number of hydrogen-bond donors (Lipinski definition) is 0. The van der Waals surface area contributed by atoms with Crippen LogP contribution >= 0.6 is 0 Å². The van der Waals surface area contributed by atoms with E-state index in [4.69, 9.17) is 0 Å². The standard InChI is InChI=1S/C16H24O/c1-11(2)13-5-6-14(10-17)16-8-4-12(3)15(16)9-7-13/h10,12-13,15H,1,4-9H2,2-3H3/b16-14+/t12-,13+,15-/m0/s1. The van der Waals surface area contributed by atoms with E-state index in [9.17, 15) is 4.79 Å². The third-order valence-electron chi connectivity index (χ3n) is 4.84. The summed E-state index contributed by atoms with van der Waals surface area (Å²) in [4.78, 5) is 11.3. The second kappa shape index (κ2) is 5.20. The fraction of sp³-hybridized carbons (Fsp3) is 0.688. The molecule has 2 aliphatic rings. The molecule has 17 heavy (non-hydrogen) atoms. The highest BCUT2D eigenvalue weighted by atomic mass is 16.1. The van der Waals surface area contributed by atoms with Crippen molar-refractivity contribution in [1.29, 1.82) is 0 Å². The molecule has 2 rings (SSSR count). The Bertz CT molecular complexity index is 351. The summed E-state index contributed by atoms with van der Waals surface area (Å²) in [6.07, 6.45) is 8.17. The Hall–Kier alpha value is -0.850. The SMILES string of the molecule is C=C(C)[C@@H]1CC/C(C=O)=C2/CC[C@H](C)[C@@H]2CC1. The fourth-order valence-corrected chi connectivity index (χ4v) is 3.61. The third kappa shape index (κ3) is 2.53. The molecule has 1 saturated carbocycles. The van der Waals surface area contributed by atoms with Gasteiger partial charge in [0.15, 0.2) is 0 Å². The molecule has 0 aromatic rings. The van der Waals surface area contributed by atoms with Crippen molar-refractivity contribution in [2.75, 3.05) is 0 Å². The number of carbonyl (C=O) groups is 1. The predicted molar refractivity (Wildman–Crippen MR) is 71.8 cm³/mol. The molecule has 3 atom stereocenters. The molecule has 0 bridgehead atoms. The minimum absolute atomic E-state index is 0.624. The van der Waals surface area contributed by atoms with E-state index in [1.807, 2.05) is 0 Å². The van der Waals surface area contributed by atoms with E-state index in [0.29, 0.717) is 11.8 Å². The minimum atomic E-state index is 0.624. The summed E-state index contributed by atoms with van der Waals surface area (Å²) in [5.74, 6) is 2.07. The van der Waals surface area contributed by atoms with Crippen molar-refractivity contribution < 1.29 is 4.79 Å². The van der Waals surface area contributed by atoms with Crippen LogP contribution in [0.1, 0.15) is 52.4 Å². The molecule has 1 heteroatoms. The quantitative estimate of drug-likeness (QED) is 0.512. The van der Waals surface area contributed by atoms with Crippen LogP contribution in [0.2, 0.25) is 0 Å². The van der Waals surface area contributed by atoms with Gasteiger partial charge >= 0.3 is 0 Å². The van der Waals surface area contributed by atoms with Crippen molar-refractivity contribution in [2.45, 2.75) is 52.4 Å². The van der Waals surface area contributed by atoms with Crippen molar-refractivity contribution >= 4 is 6.29 Å². The lowest BCUT2D eigenvalue weighted by molar-refractivity contribution is -0.105. The van der Waals surface area contributed by atoms with Crippen molar-refractivity contribution in [3.05, 3.63) is 23.3 Å². The maximum Gasteiger partial charge on any atom is 0.145 e. The predicted octanol–water partition coefficient (Wildman–Crippen LogP) is 4.29. The average Bonchev–Trinajstić information content (AvgIpc) is 2.60. The van der Waals surface area contributed by atoms with E-state index in [1.165, 1.54) is 30.4 Å². The summed E-state index contributed by atoms with van der Waals surface area (Å²) in [5, 5.41) is 0. The van der Waals surface area contributed by atoms with Gasteiger partial charge < -0.3 is 0 Å². The van der Waals surface area contributed by atoms with Gasteiger partial charge in [0.25, 0.3) is 0 Å². The Morgan fingerprint density at radius 2 is 2.00 bits per heavy atom. The number of rotatable bonds is 2. The van der Waals surface area contributed by atoms with E-state index in [0.717, 1.165) is 37.0 Å². The van der Waals surface area contributed by atoms with Crippen LogP contribution in [0.5, 0.6) is 0 Å². The van der Waals surface area contributed by atoms with Gasteiger partial charge in [-0.25, -0.2) is 0 Å². The number of carbonyl (C=O) groups excluding carboxylic acids is 1. The monoisotopic (exact) mass is 232 g/mol. The topological polar surface area (TPSA) is 17.1 Å². The Labute approximate surface area is 105 Å². The fourth-order valence-electron chi connectivity index (χ4n) is 3.61. The molecule has 0 aromatic heterocycles. The van der Waals surface area contributed by atoms with Gasteiger partial charge in [0.05, 0.1) is 0 Å². The van der Waals surface area contributed by atoms with Crippen LogP contribution in [0.3, 0.4) is 0 Å². The highest BCUT2D eigenvalue weighted by Crippen LogP contribution is 2.44. The van der Waals surface area contributed by atoms with Gasteiger partial charge in [0.1, 0.15) is 6.29 Å². The first-order valence-electron chi connectivity index (χ1n) is 6.96. The van der Waals surface area contributed by atoms with E-state index in [-0.39, 0.29) is 0 Å². The molecule has 2 aliphatic carbocycles. The zero-order chi connectivity index (χ0) is 12.4. The van der Waals surface area contributed by atoms with Crippen molar-refractivity contribution in [1.82, 2.24) is 0 Å². The first kappa shape index (κ1) is 12.6. The molecule has 0 amide bonds. The summed E-state index contributed by atoms with van der Waals surface area (Å²) < 4.78 is 0. The number of hydrogen-bond acceptors (Lipinski definition) is 1. The molecule has 0 aliphatic heterocycles. The van der Waals surface area contributed by atoms with Crippen LogP contribution in [-0.2, 0) is 4.79 Å². The Morgan fingerprint density at radius 1 is 1.24 bits per heavy atom. The number of aldehydes is 1. The van der Waals surface area contributed by atoms with Crippen LogP contribution in [-0.4, -0.2) is 6.29 Å².